The van der Waals surface area contributed by atoms with Crippen LogP contribution in [-0.2, 0) is 10.0 Å². The Morgan fingerprint density at radius 3 is 2.04 bits per heavy atom. The Balaban J connectivity index is 1.85. The average Bonchev–Trinajstić information content (AvgIpc) is 3.03. The molecule has 1 heterocycles. The van der Waals surface area contributed by atoms with Gasteiger partial charge in [0, 0.05) is 11.3 Å². The summed E-state index contributed by atoms with van der Waals surface area (Å²) in [6, 6.07) is 16.6. The number of benzene rings is 2. The molecule has 7 nitrogen and oxygen atoms in total. The number of aromatic nitrogens is 3. The number of nitriles is 1. The van der Waals surface area contributed by atoms with Crippen molar-refractivity contribution in [2.45, 2.75) is 0 Å². The standard InChI is InChI=1S/C16H13N5O2S/c1-24(22,23)20-14-8-6-12(7-9-14)11-2-4-13(5-3-11)16-15(10-17)18-21-19-16/h2-9,20H,1H3,(H,18,19,21). The summed E-state index contributed by atoms with van der Waals surface area (Å²) >= 11 is 0. The molecular weight excluding hydrogens is 326 g/mol. The zero-order chi connectivity index (χ0) is 17.2. The van der Waals surface area contributed by atoms with Gasteiger partial charge in [0.1, 0.15) is 11.8 Å². The Kier molecular flexibility index (Phi) is 4.02. The van der Waals surface area contributed by atoms with Crippen LogP contribution in [-0.4, -0.2) is 30.1 Å². The van der Waals surface area contributed by atoms with Gasteiger partial charge in [0.15, 0.2) is 5.69 Å². The molecule has 0 aliphatic carbocycles. The van der Waals surface area contributed by atoms with Crippen molar-refractivity contribution in [1.82, 2.24) is 15.4 Å². The number of sulfonamides is 1. The lowest BCUT2D eigenvalue weighted by Gasteiger charge is -2.06. The fourth-order valence-electron chi connectivity index (χ4n) is 2.28. The van der Waals surface area contributed by atoms with Crippen molar-refractivity contribution in [3.8, 4) is 28.5 Å². The molecule has 2 aromatic carbocycles. The highest BCUT2D eigenvalue weighted by atomic mass is 32.2. The molecule has 0 unspecified atom stereocenters. The largest absolute Gasteiger partial charge is 0.284 e. The highest BCUT2D eigenvalue weighted by molar-refractivity contribution is 7.92. The van der Waals surface area contributed by atoms with Crippen LogP contribution >= 0.6 is 0 Å². The Morgan fingerprint density at radius 2 is 1.50 bits per heavy atom. The van der Waals surface area contributed by atoms with Gasteiger partial charge in [-0.05, 0) is 23.3 Å². The number of rotatable bonds is 4. The van der Waals surface area contributed by atoms with Gasteiger partial charge in [-0.25, -0.2) is 8.42 Å². The van der Waals surface area contributed by atoms with Crippen LogP contribution in [0, 0.1) is 11.3 Å². The first-order valence-corrected chi connectivity index (χ1v) is 8.85. The zero-order valence-electron chi connectivity index (χ0n) is 12.7. The maximum Gasteiger partial charge on any atom is 0.229 e. The second kappa shape index (κ2) is 6.14. The molecule has 0 amide bonds. The van der Waals surface area contributed by atoms with Crippen molar-refractivity contribution >= 4 is 15.7 Å². The van der Waals surface area contributed by atoms with Gasteiger partial charge in [-0.2, -0.15) is 15.6 Å². The quantitative estimate of drug-likeness (QED) is 0.758. The first kappa shape index (κ1) is 15.7. The molecule has 8 heteroatoms. The molecule has 2 N–H and O–H groups in total. The maximum atomic E-state index is 11.2. The van der Waals surface area contributed by atoms with Gasteiger partial charge in [0.2, 0.25) is 10.0 Å². The predicted molar refractivity (Wildman–Crippen MR) is 90.4 cm³/mol. The third-order valence-electron chi connectivity index (χ3n) is 3.33. The lowest BCUT2D eigenvalue weighted by molar-refractivity contribution is 0.607. The summed E-state index contributed by atoms with van der Waals surface area (Å²) in [6.07, 6.45) is 1.11. The predicted octanol–water partition coefficient (Wildman–Crippen LogP) is 2.38. The highest BCUT2D eigenvalue weighted by Gasteiger charge is 2.09. The molecule has 3 rings (SSSR count). The van der Waals surface area contributed by atoms with Crippen LogP contribution in [0.5, 0.6) is 0 Å². The topological polar surface area (TPSA) is 112 Å². The minimum absolute atomic E-state index is 0.249. The molecule has 0 atom stereocenters. The van der Waals surface area contributed by atoms with E-state index < -0.39 is 10.0 Å². The van der Waals surface area contributed by atoms with Gasteiger partial charge in [0.05, 0.1) is 6.26 Å². The van der Waals surface area contributed by atoms with Crippen LogP contribution in [0.15, 0.2) is 48.5 Å². The summed E-state index contributed by atoms with van der Waals surface area (Å²) in [5, 5.41) is 19.2. The van der Waals surface area contributed by atoms with E-state index in [9.17, 15) is 8.42 Å². The number of anilines is 1. The number of hydrogen-bond donors (Lipinski definition) is 2. The average molecular weight is 339 g/mol. The Morgan fingerprint density at radius 1 is 0.958 bits per heavy atom. The van der Waals surface area contributed by atoms with Gasteiger partial charge in [-0.3, -0.25) is 4.72 Å². The fourth-order valence-corrected chi connectivity index (χ4v) is 2.84. The van der Waals surface area contributed by atoms with Gasteiger partial charge in [-0.15, -0.1) is 5.10 Å². The van der Waals surface area contributed by atoms with Crippen LogP contribution in [0.4, 0.5) is 5.69 Å². The number of nitrogens with zero attached hydrogens (tertiary/aromatic N) is 3. The number of aromatic amines is 1. The van der Waals surface area contributed by atoms with E-state index in [1.54, 1.807) is 12.1 Å². The van der Waals surface area contributed by atoms with Gasteiger partial charge in [0.25, 0.3) is 0 Å². The molecule has 0 aliphatic rings. The van der Waals surface area contributed by atoms with Gasteiger partial charge in [-0.1, -0.05) is 36.4 Å². The van der Waals surface area contributed by atoms with Crippen molar-refractivity contribution in [3.05, 3.63) is 54.2 Å². The molecule has 120 valence electrons. The van der Waals surface area contributed by atoms with Crippen molar-refractivity contribution in [2.75, 3.05) is 11.0 Å². The van der Waals surface area contributed by atoms with Crippen molar-refractivity contribution in [3.63, 3.8) is 0 Å². The first-order chi connectivity index (χ1) is 11.5. The smallest absolute Gasteiger partial charge is 0.229 e. The zero-order valence-corrected chi connectivity index (χ0v) is 13.5. The summed E-state index contributed by atoms with van der Waals surface area (Å²) < 4.78 is 24.8. The van der Waals surface area contributed by atoms with Crippen LogP contribution in [0.1, 0.15) is 5.69 Å². The van der Waals surface area contributed by atoms with Crippen LogP contribution < -0.4 is 4.72 Å². The number of H-pyrrole nitrogens is 1. The maximum absolute atomic E-state index is 11.2. The second-order valence-corrected chi connectivity index (χ2v) is 6.91. The highest BCUT2D eigenvalue weighted by Crippen LogP contribution is 2.26. The van der Waals surface area contributed by atoms with Gasteiger partial charge >= 0.3 is 0 Å². The fraction of sp³-hybridized carbons (Fsp3) is 0.0625. The van der Waals surface area contributed by atoms with E-state index in [0.717, 1.165) is 22.9 Å². The number of hydrogen-bond acceptors (Lipinski definition) is 5. The summed E-state index contributed by atoms with van der Waals surface area (Å²) in [7, 11) is -3.28. The normalized spacial score (nSPS) is 11.0. The lowest BCUT2D eigenvalue weighted by Crippen LogP contribution is -2.09. The summed E-state index contributed by atoms with van der Waals surface area (Å²) in [4.78, 5) is 0. The summed E-state index contributed by atoms with van der Waals surface area (Å²) in [5.74, 6) is 0. The SMILES string of the molecule is CS(=O)(=O)Nc1ccc(-c2ccc(-c3n[nH]nc3C#N)cc2)cc1. The van der Waals surface area contributed by atoms with E-state index in [1.165, 1.54) is 0 Å². The molecule has 1 aromatic heterocycles. The number of nitrogens with one attached hydrogen (secondary N) is 2. The van der Waals surface area contributed by atoms with Crippen LogP contribution in [0.25, 0.3) is 22.4 Å². The van der Waals surface area contributed by atoms with Crippen molar-refractivity contribution < 1.29 is 8.42 Å². The molecule has 0 saturated carbocycles. The van der Waals surface area contributed by atoms with Crippen molar-refractivity contribution in [2.24, 2.45) is 0 Å². The van der Waals surface area contributed by atoms with E-state index in [2.05, 4.69) is 20.1 Å². The van der Waals surface area contributed by atoms with Crippen LogP contribution in [0.3, 0.4) is 0 Å². The second-order valence-electron chi connectivity index (χ2n) is 5.16. The summed E-state index contributed by atoms with van der Waals surface area (Å²) in [6.45, 7) is 0. The molecule has 24 heavy (non-hydrogen) atoms. The molecule has 0 fully saturated rings. The van der Waals surface area contributed by atoms with Crippen molar-refractivity contribution in [1.29, 1.82) is 5.26 Å². The van der Waals surface area contributed by atoms with Gasteiger partial charge < -0.3 is 0 Å². The van der Waals surface area contributed by atoms with E-state index in [-0.39, 0.29) is 5.69 Å². The third kappa shape index (κ3) is 3.42. The minimum Gasteiger partial charge on any atom is -0.284 e. The summed E-state index contributed by atoms with van der Waals surface area (Å²) in [5.41, 5.74) is 3.97. The van der Waals surface area contributed by atoms with E-state index in [0.29, 0.717) is 11.4 Å². The minimum atomic E-state index is -3.28. The monoisotopic (exact) mass is 339 g/mol. The Bertz CT molecular complexity index is 1000. The third-order valence-corrected chi connectivity index (χ3v) is 3.94. The molecule has 3 aromatic rings. The molecule has 0 radical (unpaired) electrons. The Labute approximate surface area is 139 Å². The van der Waals surface area contributed by atoms with E-state index >= 15 is 0 Å². The van der Waals surface area contributed by atoms with E-state index in [4.69, 9.17) is 5.26 Å². The molecule has 0 saturated heterocycles. The van der Waals surface area contributed by atoms with Crippen LogP contribution in [0.2, 0.25) is 0 Å². The molecular formula is C16H13N5O2S. The van der Waals surface area contributed by atoms with E-state index in [1.807, 2.05) is 42.5 Å². The Hall–Kier alpha value is -3.18. The lowest BCUT2D eigenvalue weighted by atomic mass is 10.0. The molecule has 0 aliphatic heterocycles. The first-order valence-electron chi connectivity index (χ1n) is 6.96. The molecule has 0 spiro atoms. The molecule has 0 bridgehead atoms.